The van der Waals surface area contributed by atoms with Crippen LogP contribution in [-0.2, 0) is 0 Å². The van der Waals surface area contributed by atoms with Crippen LogP contribution in [0, 0.1) is 4.77 Å². The summed E-state index contributed by atoms with van der Waals surface area (Å²) in [5.74, 6) is 0.732. The summed E-state index contributed by atoms with van der Waals surface area (Å²) in [5, 5.41) is 16.8. The van der Waals surface area contributed by atoms with Gasteiger partial charge in [-0.05, 0) is 42.2 Å². The molecule has 7 heteroatoms. The van der Waals surface area contributed by atoms with Crippen molar-refractivity contribution in [2.45, 2.75) is 13.0 Å². The van der Waals surface area contributed by atoms with Crippen LogP contribution in [0.25, 0.3) is 22.1 Å². The highest BCUT2D eigenvalue weighted by molar-refractivity contribution is 7.71. The third-order valence-electron chi connectivity index (χ3n) is 3.97. The normalized spacial score (nSPS) is 12.4. The second-order valence-corrected chi connectivity index (χ2v) is 6.79. The van der Waals surface area contributed by atoms with Crippen molar-refractivity contribution in [3.63, 3.8) is 0 Å². The molecule has 0 spiro atoms. The topological polar surface area (TPSA) is 62.3 Å². The zero-order valence-electron chi connectivity index (χ0n) is 12.9. The maximum atomic E-state index is 5.44. The predicted octanol–water partition coefficient (Wildman–Crippen LogP) is 4.67. The molecule has 1 aromatic carbocycles. The van der Waals surface area contributed by atoms with Gasteiger partial charge in [0.2, 0.25) is 0 Å². The van der Waals surface area contributed by atoms with Crippen LogP contribution in [0.3, 0.4) is 0 Å². The van der Waals surface area contributed by atoms with E-state index >= 15 is 0 Å². The smallest absolute Gasteiger partial charge is 0.196 e. The van der Waals surface area contributed by atoms with E-state index in [9.17, 15) is 0 Å². The van der Waals surface area contributed by atoms with E-state index in [-0.39, 0.29) is 6.04 Å². The molecule has 1 atom stereocenters. The van der Waals surface area contributed by atoms with Crippen LogP contribution in [0.15, 0.2) is 53.9 Å². The molecule has 0 amide bonds. The number of hydrogen-bond acceptors (Lipinski definition) is 4. The van der Waals surface area contributed by atoms with Crippen molar-refractivity contribution in [2.24, 2.45) is 0 Å². The van der Waals surface area contributed by atoms with Crippen molar-refractivity contribution < 1.29 is 0 Å². The number of aromatic amines is 2. The fraction of sp³-hybridized carbons (Fsp3) is 0.118. The summed E-state index contributed by atoms with van der Waals surface area (Å²) in [4.78, 5) is 1.14. The average Bonchev–Trinajstić information content (AvgIpc) is 3.35. The Labute approximate surface area is 148 Å². The summed E-state index contributed by atoms with van der Waals surface area (Å²) in [5.41, 5.74) is 2.92. The summed E-state index contributed by atoms with van der Waals surface area (Å²) in [6, 6.07) is 16.4. The lowest BCUT2D eigenvalue weighted by Crippen LogP contribution is -2.08. The van der Waals surface area contributed by atoms with E-state index in [0.29, 0.717) is 4.77 Å². The molecule has 0 saturated carbocycles. The Morgan fingerprint density at radius 2 is 1.92 bits per heavy atom. The molecule has 0 radical (unpaired) electrons. The van der Waals surface area contributed by atoms with Crippen molar-refractivity contribution in [3.8, 4) is 22.1 Å². The first kappa shape index (κ1) is 15.0. The molecule has 2 N–H and O–H groups in total. The summed E-state index contributed by atoms with van der Waals surface area (Å²) >= 11 is 7.11. The van der Waals surface area contributed by atoms with Gasteiger partial charge in [0.05, 0.1) is 16.6 Å². The number of H-pyrrole nitrogens is 2. The monoisotopic (exact) mass is 353 g/mol. The third kappa shape index (κ3) is 2.61. The van der Waals surface area contributed by atoms with Crippen LogP contribution in [0.5, 0.6) is 0 Å². The van der Waals surface area contributed by atoms with Gasteiger partial charge in [0, 0.05) is 0 Å². The zero-order valence-corrected chi connectivity index (χ0v) is 14.6. The van der Waals surface area contributed by atoms with Crippen LogP contribution in [0.1, 0.15) is 18.5 Å². The number of aromatic nitrogens is 5. The molecule has 0 fully saturated rings. The van der Waals surface area contributed by atoms with Gasteiger partial charge >= 0.3 is 0 Å². The highest BCUT2D eigenvalue weighted by atomic mass is 32.1. The van der Waals surface area contributed by atoms with Gasteiger partial charge in [-0.2, -0.15) is 10.2 Å². The largest absolute Gasteiger partial charge is 0.291 e. The van der Waals surface area contributed by atoms with Crippen molar-refractivity contribution in [1.82, 2.24) is 25.0 Å². The van der Waals surface area contributed by atoms with E-state index in [4.69, 9.17) is 12.2 Å². The predicted molar refractivity (Wildman–Crippen MR) is 98.6 cm³/mol. The molecule has 0 unspecified atom stereocenters. The second-order valence-electron chi connectivity index (χ2n) is 5.45. The Balaban J connectivity index is 1.77. The van der Waals surface area contributed by atoms with Crippen LogP contribution >= 0.6 is 23.6 Å². The molecule has 3 heterocycles. The van der Waals surface area contributed by atoms with E-state index in [0.717, 1.165) is 22.1 Å². The van der Waals surface area contributed by atoms with E-state index in [1.54, 1.807) is 11.3 Å². The maximum Gasteiger partial charge on any atom is 0.196 e. The van der Waals surface area contributed by atoms with E-state index < -0.39 is 0 Å². The highest BCUT2D eigenvalue weighted by Crippen LogP contribution is 2.28. The standard InChI is InChI=1S/C17H15N5S2/c1-11(12-6-3-2-4-7-12)22-16(20-21-17(22)23)14-10-13(18-19-14)15-8-5-9-24-15/h2-11H,1H3,(H,18,19)(H,21,23)/t11-/m0/s1. The highest BCUT2D eigenvalue weighted by Gasteiger charge is 2.18. The molecule has 24 heavy (non-hydrogen) atoms. The Hall–Kier alpha value is -2.51. The Kier molecular flexibility index (Phi) is 3.87. The van der Waals surface area contributed by atoms with Crippen molar-refractivity contribution >= 4 is 23.6 Å². The summed E-state index contributed by atoms with van der Waals surface area (Å²) in [6.07, 6.45) is 0. The van der Waals surface area contributed by atoms with E-state index in [1.165, 1.54) is 5.56 Å². The van der Waals surface area contributed by atoms with Gasteiger partial charge < -0.3 is 0 Å². The minimum atomic E-state index is 0.0642. The molecular weight excluding hydrogens is 338 g/mol. The van der Waals surface area contributed by atoms with Crippen LogP contribution in [-0.4, -0.2) is 25.0 Å². The lowest BCUT2D eigenvalue weighted by atomic mass is 10.1. The van der Waals surface area contributed by atoms with Crippen molar-refractivity contribution in [3.05, 3.63) is 64.2 Å². The average molecular weight is 353 g/mol. The zero-order chi connectivity index (χ0) is 16.5. The van der Waals surface area contributed by atoms with E-state index in [2.05, 4.69) is 45.5 Å². The lowest BCUT2D eigenvalue weighted by molar-refractivity contribution is 0.634. The molecule has 5 nitrogen and oxygen atoms in total. The SMILES string of the molecule is C[C@@H](c1ccccc1)n1c(-c2cc(-c3cccs3)[nH]n2)n[nH]c1=S. The Bertz CT molecular complexity index is 995. The van der Waals surface area contributed by atoms with Crippen LogP contribution in [0.4, 0.5) is 0 Å². The van der Waals surface area contributed by atoms with Gasteiger partial charge in [0.1, 0.15) is 5.69 Å². The molecule has 3 aromatic heterocycles. The maximum absolute atomic E-state index is 5.44. The fourth-order valence-electron chi connectivity index (χ4n) is 2.72. The Morgan fingerprint density at radius 3 is 2.67 bits per heavy atom. The molecule has 0 aliphatic carbocycles. The van der Waals surface area contributed by atoms with Crippen molar-refractivity contribution in [1.29, 1.82) is 0 Å². The molecule has 4 rings (SSSR count). The quantitative estimate of drug-likeness (QED) is 0.524. The second kappa shape index (κ2) is 6.18. The van der Waals surface area contributed by atoms with Gasteiger partial charge in [-0.3, -0.25) is 14.8 Å². The van der Waals surface area contributed by atoms with Gasteiger partial charge in [-0.15, -0.1) is 11.3 Å². The number of nitrogens with one attached hydrogen (secondary N) is 2. The molecule has 120 valence electrons. The van der Waals surface area contributed by atoms with E-state index in [1.807, 2.05) is 40.3 Å². The number of rotatable bonds is 4. The van der Waals surface area contributed by atoms with Crippen LogP contribution in [0.2, 0.25) is 0 Å². The molecule has 0 aliphatic heterocycles. The Morgan fingerprint density at radius 1 is 1.08 bits per heavy atom. The fourth-order valence-corrected chi connectivity index (χ4v) is 3.70. The lowest BCUT2D eigenvalue weighted by Gasteiger charge is -2.15. The van der Waals surface area contributed by atoms with Gasteiger partial charge in [0.15, 0.2) is 10.6 Å². The van der Waals surface area contributed by atoms with Crippen LogP contribution < -0.4 is 0 Å². The summed E-state index contributed by atoms with van der Waals surface area (Å²) in [7, 11) is 0. The van der Waals surface area contributed by atoms with Gasteiger partial charge in [-0.25, -0.2) is 0 Å². The molecule has 0 bridgehead atoms. The summed E-state index contributed by atoms with van der Waals surface area (Å²) in [6.45, 7) is 2.11. The third-order valence-corrected chi connectivity index (χ3v) is 5.16. The molecule has 0 saturated heterocycles. The van der Waals surface area contributed by atoms with Gasteiger partial charge in [0.25, 0.3) is 0 Å². The molecular formula is C17H15N5S2. The number of hydrogen-bond donors (Lipinski definition) is 2. The number of benzene rings is 1. The molecule has 4 aromatic rings. The summed E-state index contributed by atoms with van der Waals surface area (Å²) < 4.78 is 2.58. The number of thiophene rings is 1. The first-order chi connectivity index (χ1) is 11.7. The number of nitrogens with zero attached hydrogens (tertiary/aromatic N) is 3. The molecule has 0 aliphatic rings. The first-order valence-corrected chi connectivity index (χ1v) is 8.84. The van der Waals surface area contributed by atoms with Crippen molar-refractivity contribution in [2.75, 3.05) is 0 Å². The van der Waals surface area contributed by atoms with Gasteiger partial charge in [-0.1, -0.05) is 36.4 Å². The minimum Gasteiger partial charge on any atom is -0.291 e. The first-order valence-electron chi connectivity index (χ1n) is 7.55. The minimum absolute atomic E-state index is 0.0642.